The molecule has 0 aliphatic carbocycles. The van der Waals surface area contributed by atoms with E-state index in [4.69, 9.17) is 5.73 Å². The fourth-order valence-electron chi connectivity index (χ4n) is 1.85. The minimum atomic E-state index is -3.61. The molecule has 0 fully saturated rings. The maximum absolute atomic E-state index is 12.7. The average Bonchev–Trinajstić information content (AvgIpc) is 2.43. The lowest BCUT2D eigenvalue weighted by molar-refractivity contribution is 0.467. The van der Waals surface area contributed by atoms with Crippen molar-refractivity contribution in [3.8, 4) is 0 Å². The lowest BCUT2D eigenvalue weighted by Gasteiger charge is -2.19. The smallest absolute Gasteiger partial charge is 0.244 e. The summed E-state index contributed by atoms with van der Waals surface area (Å²) in [6, 6.07) is 12.3. The van der Waals surface area contributed by atoms with Crippen LogP contribution in [-0.2, 0) is 16.6 Å². The first-order chi connectivity index (χ1) is 9.82. The molecule has 2 N–H and O–H groups in total. The van der Waals surface area contributed by atoms with Gasteiger partial charge in [0.2, 0.25) is 10.0 Å². The molecular formula is C14H14Br2N2O2S. The summed E-state index contributed by atoms with van der Waals surface area (Å²) in [7, 11) is -2.07. The van der Waals surface area contributed by atoms with Crippen LogP contribution >= 0.6 is 31.9 Å². The van der Waals surface area contributed by atoms with Gasteiger partial charge < -0.3 is 5.73 Å². The number of hydrogen-bond donors (Lipinski definition) is 1. The average molecular weight is 434 g/mol. The van der Waals surface area contributed by atoms with Gasteiger partial charge in [0.1, 0.15) is 0 Å². The van der Waals surface area contributed by atoms with Crippen LogP contribution in [0.3, 0.4) is 0 Å². The molecule has 0 atom stereocenters. The quantitative estimate of drug-likeness (QED) is 0.749. The van der Waals surface area contributed by atoms with Crippen LogP contribution < -0.4 is 5.73 Å². The maximum atomic E-state index is 12.7. The Balaban J connectivity index is 2.35. The second-order valence-electron chi connectivity index (χ2n) is 4.53. The van der Waals surface area contributed by atoms with Gasteiger partial charge in [-0.25, -0.2) is 8.42 Å². The monoisotopic (exact) mass is 432 g/mol. The number of sulfonamides is 1. The van der Waals surface area contributed by atoms with E-state index in [9.17, 15) is 8.42 Å². The van der Waals surface area contributed by atoms with Gasteiger partial charge in [-0.2, -0.15) is 4.31 Å². The molecule has 112 valence electrons. The highest BCUT2D eigenvalue weighted by Gasteiger charge is 2.24. The lowest BCUT2D eigenvalue weighted by atomic mass is 10.2. The highest BCUT2D eigenvalue weighted by Crippen LogP contribution is 2.28. The number of benzene rings is 2. The standard InChI is InChI=1S/C14H14Br2N2O2S/c1-18(9-10-4-2-3-5-13(10)17)21(19,20)14-8-11(15)6-7-12(14)16/h2-8H,9,17H2,1H3. The molecule has 0 aliphatic rings. The Hall–Kier alpha value is -0.890. The van der Waals surface area contributed by atoms with Crippen molar-refractivity contribution in [2.45, 2.75) is 11.4 Å². The van der Waals surface area contributed by atoms with Crippen LogP contribution in [0.1, 0.15) is 5.56 Å². The van der Waals surface area contributed by atoms with E-state index in [1.807, 2.05) is 18.2 Å². The van der Waals surface area contributed by atoms with E-state index in [-0.39, 0.29) is 11.4 Å². The molecule has 0 unspecified atom stereocenters. The van der Waals surface area contributed by atoms with Crippen LogP contribution in [0.25, 0.3) is 0 Å². The van der Waals surface area contributed by atoms with Crippen LogP contribution in [0.15, 0.2) is 56.3 Å². The van der Waals surface area contributed by atoms with E-state index in [2.05, 4.69) is 31.9 Å². The molecule has 0 radical (unpaired) electrons. The van der Waals surface area contributed by atoms with Gasteiger partial charge in [-0.1, -0.05) is 34.1 Å². The number of anilines is 1. The molecule has 0 aliphatic heterocycles. The molecule has 0 saturated heterocycles. The largest absolute Gasteiger partial charge is 0.398 e. The van der Waals surface area contributed by atoms with Gasteiger partial charge in [-0.15, -0.1) is 0 Å². The van der Waals surface area contributed by atoms with Gasteiger partial charge in [0.05, 0.1) is 4.90 Å². The number of rotatable bonds is 4. The molecule has 4 nitrogen and oxygen atoms in total. The number of hydrogen-bond acceptors (Lipinski definition) is 3. The molecule has 0 bridgehead atoms. The lowest BCUT2D eigenvalue weighted by Crippen LogP contribution is -2.27. The molecule has 21 heavy (non-hydrogen) atoms. The summed E-state index contributed by atoms with van der Waals surface area (Å²) in [5.41, 5.74) is 7.22. The van der Waals surface area contributed by atoms with Crippen molar-refractivity contribution in [2.24, 2.45) is 0 Å². The molecule has 7 heteroatoms. The molecule has 0 spiro atoms. The predicted molar refractivity (Wildman–Crippen MR) is 91.3 cm³/mol. The number of nitrogens with two attached hydrogens (primary N) is 1. The van der Waals surface area contributed by atoms with Crippen LogP contribution in [0.4, 0.5) is 5.69 Å². The van der Waals surface area contributed by atoms with Crippen LogP contribution in [0.2, 0.25) is 0 Å². The minimum Gasteiger partial charge on any atom is -0.398 e. The summed E-state index contributed by atoms with van der Waals surface area (Å²) in [6.07, 6.45) is 0. The SMILES string of the molecule is CN(Cc1ccccc1N)S(=O)(=O)c1cc(Br)ccc1Br. The number of nitrogen functional groups attached to an aromatic ring is 1. The number of nitrogens with zero attached hydrogens (tertiary/aromatic N) is 1. The zero-order chi connectivity index (χ0) is 15.6. The van der Waals surface area contributed by atoms with Crippen LogP contribution in [0.5, 0.6) is 0 Å². The molecule has 0 saturated carbocycles. The van der Waals surface area contributed by atoms with E-state index in [0.717, 1.165) is 5.56 Å². The highest BCUT2D eigenvalue weighted by molar-refractivity contribution is 9.11. The van der Waals surface area contributed by atoms with E-state index in [0.29, 0.717) is 14.6 Å². The number of para-hydroxylation sites is 1. The topological polar surface area (TPSA) is 63.4 Å². The minimum absolute atomic E-state index is 0.216. The number of halogens is 2. The van der Waals surface area contributed by atoms with Crippen molar-refractivity contribution in [3.63, 3.8) is 0 Å². The summed E-state index contributed by atoms with van der Waals surface area (Å²) >= 11 is 6.58. The molecule has 0 aromatic heterocycles. The Morgan fingerprint density at radius 2 is 1.81 bits per heavy atom. The van der Waals surface area contributed by atoms with Crippen molar-refractivity contribution in [2.75, 3.05) is 12.8 Å². The zero-order valence-electron chi connectivity index (χ0n) is 11.3. The molecular weight excluding hydrogens is 420 g/mol. The Bertz CT molecular complexity index is 763. The van der Waals surface area contributed by atoms with Crippen molar-refractivity contribution < 1.29 is 8.42 Å². The van der Waals surface area contributed by atoms with Gasteiger partial charge in [0.25, 0.3) is 0 Å². The Morgan fingerprint density at radius 1 is 1.14 bits per heavy atom. The Morgan fingerprint density at radius 3 is 2.48 bits per heavy atom. The first-order valence-corrected chi connectivity index (χ1v) is 9.10. The summed E-state index contributed by atoms with van der Waals surface area (Å²) in [6.45, 7) is 0.216. The van der Waals surface area contributed by atoms with E-state index < -0.39 is 10.0 Å². The zero-order valence-corrected chi connectivity index (χ0v) is 15.2. The molecule has 0 heterocycles. The second kappa shape index (κ2) is 6.48. The van der Waals surface area contributed by atoms with Gasteiger partial charge in [0.15, 0.2) is 0 Å². The molecule has 2 aromatic rings. The fourth-order valence-corrected chi connectivity index (χ4v) is 4.45. The van der Waals surface area contributed by atoms with Gasteiger partial charge in [-0.3, -0.25) is 0 Å². The van der Waals surface area contributed by atoms with Crippen LogP contribution in [0, 0.1) is 0 Å². The molecule has 2 rings (SSSR count). The fraction of sp³-hybridized carbons (Fsp3) is 0.143. The second-order valence-corrected chi connectivity index (χ2v) is 8.32. The van der Waals surface area contributed by atoms with Gasteiger partial charge in [0, 0.05) is 28.2 Å². The Kier molecular flexibility index (Phi) is 5.08. The normalized spacial score (nSPS) is 11.8. The van der Waals surface area contributed by atoms with Crippen LogP contribution in [-0.4, -0.2) is 19.8 Å². The van der Waals surface area contributed by atoms with Crippen molar-refractivity contribution in [1.82, 2.24) is 4.31 Å². The van der Waals surface area contributed by atoms with Crippen molar-refractivity contribution >= 4 is 47.6 Å². The Labute approximate surface area is 141 Å². The summed E-state index contributed by atoms with van der Waals surface area (Å²) in [5, 5.41) is 0. The predicted octanol–water partition coefficient (Wildman–Crippen LogP) is 3.61. The van der Waals surface area contributed by atoms with E-state index in [1.54, 1.807) is 24.3 Å². The van der Waals surface area contributed by atoms with Gasteiger partial charge >= 0.3 is 0 Å². The van der Waals surface area contributed by atoms with Crippen molar-refractivity contribution in [1.29, 1.82) is 0 Å². The third-order valence-corrected chi connectivity index (χ3v) is 6.32. The summed E-state index contributed by atoms with van der Waals surface area (Å²) in [5.74, 6) is 0. The van der Waals surface area contributed by atoms with E-state index >= 15 is 0 Å². The molecule has 2 aromatic carbocycles. The first kappa shape index (κ1) is 16.5. The first-order valence-electron chi connectivity index (χ1n) is 6.07. The van der Waals surface area contributed by atoms with Gasteiger partial charge in [-0.05, 0) is 45.8 Å². The highest BCUT2D eigenvalue weighted by atomic mass is 79.9. The third-order valence-electron chi connectivity index (χ3n) is 3.03. The summed E-state index contributed by atoms with van der Waals surface area (Å²) in [4.78, 5) is 0.217. The maximum Gasteiger partial charge on any atom is 0.244 e. The third kappa shape index (κ3) is 3.66. The molecule has 0 amide bonds. The summed E-state index contributed by atoms with van der Waals surface area (Å²) < 4.78 is 27.8. The van der Waals surface area contributed by atoms with E-state index in [1.165, 1.54) is 11.4 Å². The van der Waals surface area contributed by atoms with Crippen molar-refractivity contribution in [3.05, 3.63) is 57.0 Å².